The van der Waals surface area contributed by atoms with Crippen LogP contribution in [0.5, 0.6) is 0 Å². The molecule has 1 aromatic heterocycles. The van der Waals surface area contributed by atoms with Crippen molar-refractivity contribution in [3.8, 4) is 0 Å². The van der Waals surface area contributed by atoms with Crippen LogP contribution in [0.15, 0.2) is 22.7 Å². The smallest absolute Gasteiger partial charge is 0.322 e. The van der Waals surface area contributed by atoms with E-state index in [9.17, 15) is 18.8 Å². The Kier molecular flexibility index (Phi) is 6.15. The van der Waals surface area contributed by atoms with Gasteiger partial charge in [0.15, 0.2) is 0 Å². The predicted molar refractivity (Wildman–Crippen MR) is 115 cm³/mol. The number of amides is 4. The Balaban J connectivity index is 1.53. The molecule has 1 aromatic carbocycles. The van der Waals surface area contributed by atoms with Gasteiger partial charge in [-0.2, -0.15) is 5.10 Å². The number of benzene rings is 1. The molecule has 2 aromatic rings. The summed E-state index contributed by atoms with van der Waals surface area (Å²) in [7, 11) is 1.51. The molecule has 0 spiro atoms. The molecule has 0 fully saturated rings. The second-order valence-corrected chi connectivity index (χ2v) is 8.51. The maximum absolute atomic E-state index is 13.5. The van der Waals surface area contributed by atoms with Crippen LogP contribution in [0.2, 0.25) is 0 Å². The quantitative estimate of drug-likeness (QED) is 0.657. The Morgan fingerprint density at radius 3 is 2.88 bits per heavy atom. The largest absolute Gasteiger partial charge is 0.354 e. The van der Waals surface area contributed by atoms with Gasteiger partial charge in [-0.1, -0.05) is 0 Å². The van der Waals surface area contributed by atoms with Crippen LogP contribution in [0.3, 0.4) is 0 Å². The number of rotatable bonds is 3. The average molecular weight is 509 g/mol. The molecule has 170 valence electrons. The molecule has 2 aliphatic heterocycles. The standard InChI is InChI=1S/C20H22BrFN6O4/c1-11(29)23-8-13-9-28-18(19(30)26(2)32-13)14-10-27(6-5-17(14)25-28)20(31)24-12-3-4-16(22)15(21)7-12/h3-4,7,13H,5-6,8-10H2,1-2H3,(H,23,29)(H,24,31). The molecule has 4 amide bonds. The van der Waals surface area contributed by atoms with Crippen molar-refractivity contribution in [2.45, 2.75) is 32.5 Å². The molecule has 0 saturated carbocycles. The van der Waals surface area contributed by atoms with Crippen LogP contribution >= 0.6 is 15.9 Å². The number of halogens is 2. The lowest BCUT2D eigenvalue weighted by atomic mass is 10.1. The Morgan fingerprint density at radius 1 is 1.38 bits per heavy atom. The van der Waals surface area contributed by atoms with Crippen molar-refractivity contribution in [3.63, 3.8) is 0 Å². The fourth-order valence-electron chi connectivity index (χ4n) is 3.75. The third kappa shape index (κ3) is 4.46. The van der Waals surface area contributed by atoms with Gasteiger partial charge in [-0.25, -0.2) is 14.2 Å². The van der Waals surface area contributed by atoms with Crippen LogP contribution in [-0.4, -0.2) is 63.8 Å². The molecule has 2 aliphatic rings. The SMILES string of the molecule is CC(=O)NCC1Cn2nc3c(c2C(=O)N(C)O1)CN(C(=O)Nc1ccc(F)c(Br)c1)CC3. The summed E-state index contributed by atoms with van der Waals surface area (Å²) >= 11 is 3.10. The van der Waals surface area contributed by atoms with Crippen molar-refractivity contribution < 1.29 is 23.6 Å². The van der Waals surface area contributed by atoms with Gasteiger partial charge in [0.1, 0.15) is 17.6 Å². The minimum atomic E-state index is -0.466. The fraction of sp³-hybridized carbons (Fsp3) is 0.400. The minimum absolute atomic E-state index is 0.193. The molecule has 10 nitrogen and oxygen atoms in total. The van der Waals surface area contributed by atoms with Crippen LogP contribution in [0.4, 0.5) is 14.9 Å². The Morgan fingerprint density at radius 2 is 2.16 bits per heavy atom. The van der Waals surface area contributed by atoms with Crippen molar-refractivity contribution in [2.75, 3.05) is 25.5 Å². The topological polar surface area (TPSA) is 109 Å². The normalized spacial score (nSPS) is 18.0. The van der Waals surface area contributed by atoms with E-state index in [1.165, 1.54) is 32.2 Å². The van der Waals surface area contributed by atoms with Gasteiger partial charge in [-0.3, -0.25) is 19.1 Å². The second kappa shape index (κ2) is 8.87. The Labute approximate surface area is 191 Å². The molecule has 4 rings (SSSR count). The highest BCUT2D eigenvalue weighted by molar-refractivity contribution is 9.10. The lowest BCUT2D eigenvalue weighted by Crippen LogP contribution is -2.40. The number of urea groups is 1. The van der Waals surface area contributed by atoms with Crippen molar-refractivity contribution in [1.29, 1.82) is 0 Å². The fourth-order valence-corrected chi connectivity index (χ4v) is 4.13. The van der Waals surface area contributed by atoms with E-state index in [4.69, 9.17) is 4.84 Å². The maximum Gasteiger partial charge on any atom is 0.322 e. The predicted octanol–water partition coefficient (Wildman–Crippen LogP) is 1.90. The Hall–Kier alpha value is -2.99. The minimum Gasteiger partial charge on any atom is -0.354 e. The monoisotopic (exact) mass is 508 g/mol. The number of hydrogen-bond acceptors (Lipinski definition) is 5. The first-order valence-corrected chi connectivity index (χ1v) is 10.8. The summed E-state index contributed by atoms with van der Waals surface area (Å²) in [6.07, 6.45) is 0.0242. The van der Waals surface area contributed by atoms with Gasteiger partial charge < -0.3 is 15.5 Å². The van der Waals surface area contributed by atoms with Gasteiger partial charge in [0.25, 0.3) is 5.91 Å². The lowest BCUT2D eigenvalue weighted by Gasteiger charge is -2.27. The third-order valence-corrected chi connectivity index (χ3v) is 5.92. The zero-order valence-electron chi connectivity index (χ0n) is 17.5. The number of nitrogens with one attached hydrogen (secondary N) is 2. The van der Waals surface area contributed by atoms with Crippen LogP contribution < -0.4 is 10.6 Å². The summed E-state index contributed by atoms with van der Waals surface area (Å²) in [5.74, 6) is -0.981. The summed E-state index contributed by atoms with van der Waals surface area (Å²) in [6.45, 7) is 2.56. The van der Waals surface area contributed by atoms with Gasteiger partial charge in [0.2, 0.25) is 5.91 Å². The van der Waals surface area contributed by atoms with E-state index in [2.05, 4.69) is 31.7 Å². The molecule has 3 heterocycles. The van der Waals surface area contributed by atoms with Gasteiger partial charge in [-0.15, -0.1) is 0 Å². The summed E-state index contributed by atoms with van der Waals surface area (Å²) < 4.78 is 15.3. The lowest BCUT2D eigenvalue weighted by molar-refractivity contribution is -0.148. The van der Waals surface area contributed by atoms with Crippen molar-refractivity contribution in [1.82, 2.24) is 25.1 Å². The first-order valence-electron chi connectivity index (χ1n) is 10.0. The number of anilines is 1. The molecule has 2 N–H and O–H groups in total. The third-order valence-electron chi connectivity index (χ3n) is 5.31. The van der Waals surface area contributed by atoms with E-state index in [0.29, 0.717) is 29.9 Å². The molecule has 32 heavy (non-hydrogen) atoms. The summed E-state index contributed by atoms with van der Waals surface area (Å²) in [5.41, 5.74) is 2.26. The molecule has 12 heteroatoms. The van der Waals surface area contributed by atoms with Crippen LogP contribution in [0.1, 0.15) is 28.7 Å². The van der Waals surface area contributed by atoms with Crippen LogP contribution in [0, 0.1) is 5.82 Å². The van der Waals surface area contributed by atoms with Crippen molar-refractivity contribution in [3.05, 3.63) is 45.4 Å². The summed E-state index contributed by atoms with van der Waals surface area (Å²) in [4.78, 5) is 44.3. The number of hydrogen-bond donors (Lipinski definition) is 2. The molecule has 0 saturated heterocycles. The zero-order valence-corrected chi connectivity index (χ0v) is 19.1. The summed E-state index contributed by atoms with van der Waals surface area (Å²) in [6, 6.07) is 3.87. The molecule has 0 radical (unpaired) electrons. The number of nitrogens with zero attached hydrogens (tertiary/aromatic N) is 4. The molecule has 0 aliphatic carbocycles. The van der Waals surface area contributed by atoms with E-state index in [-0.39, 0.29) is 42.0 Å². The number of carbonyl (C=O) groups excluding carboxylic acids is 3. The Bertz CT molecular complexity index is 1090. The average Bonchev–Trinajstić information content (AvgIpc) is 3.05. The zero-order chi connectivity index (χ0) is 23.0. The molecule has 0 bridgehead atoms. The number of carbonyl (C=O) groups is 3. The van der Waals surface area contributed by atoms with Gasteiger partial charge >= 0.3 is 6.03 Å². The highest BCUT2D eigenvalue weighted by Crippen LogP contribution is 2.27. The molecule has 1 atom stereocenters. The number of fused-ring (bicyclic) bond motifs is 3. The highest BCUT2D eigenvalue weighted by atomic mass is 79.9. The summed E-state index contributed by atoms with van der Waals surface area (Å²) in [5, 5.41) is 11.2. The van der Waals surface area contributed by atoms with E-state index in [1.54, 1.807) is 9.58 Å². The maximum atomic E-state index is 13.5. The van der Waals surface area contributed by atoms with Crippen LogP contribution in [0.25, 0.3) is 0 Å². The first-order chi connectivity index (χ1) is 15.2. The van der Waals surface area contributed by atoms with E-state index in [1.807, 2.05) is 0 Å². The van der Waals surface area contributed by atoms with E-state index in [0.717, 1.165) is 10.8 Å². The molecular weight excluding hydrogens is 487 g/mol. The first kappa shape index (κ1) is 22.2. The van der Waals surface area contributed by atoms with Gasteiger partial charge in [-0.05, 0) is 34.1 Å². The number of aromatic nitrogens is 2. The van der Waals surface area contributed by atoms with Crippen molar-refractivity contribution in [2.24, 2.45) is 0 Å². The van der Waals surface area contributed by atoms with E-state index >= 15 is 0 Å². The molecular formula is C20H22BrFN6O4. The molecule has 1 unspecified atom stereocenters. The number of hydroxylamine groups is 2. The van der Waals surface area contributed by atoms with Gasteiger partial charge in [0.05, 0.1) is 23.3 Å². The van der Waals surface area contributed by atoms with Gasteiger partial charge in [0, 0.05) is 44.7 Å². The van der Waals surface area contributed by atoms with E-state index < -0.39 is 11.9 Å². The van der Waals surface area contributed by atoms with Crippen molar-refractivity contribution >= 4 is 39.5 Å². The van der Waals surface area contributed by atoms with Crippen LogP contribution in [-0.2, 0) is 29.1 Å². The second-order valence-electron chi connectivity index (χ2n) is 7.65. The highest BCUT2D eigenvalue weighted by Gasteiger charge is 2.35.